The Labute approximate surface area is 140 Å². The van der Waals surface area contributed by atoms with Gasteiger partial charge in [-0.1, -0.05) is 23.7 Å². The van der Waals surface area contributed by atoms with Crippen molar-refractivity contribution in [3.63, 3.8) is 0 Å². The van der Waals surface area contributed by atoms with Crippen molar-refractivity contribution in [2.75, 3.05) is 5.32 Å². The molecule has 1 N–H and O–H groups in total. The van der Waals surface area contributed by atoms with Crippen LogP contribution in [-0.2, 0) is 9.53 Å². The molecule has 0 fully saturated rings. The molecule has 1 amide bonds. The lowest BCUT2D eigenvalue weighted by Crippen LogP contribution is -2.30. The molecule has 1 heterocycles. The van der Waals surface area contributed by atoms with Gasteiger partial charge in [0.2, 0.25) is 0 Å². The first-order valence-electron chi connectivity index (χ1n) is 6.35. The number of carbonyl (C=O) groups excluding carboxylic acids is 2. The third-order valence-corrected chi connectivity index (χ3v) is 3.64. The highest BCUT2D eigenvalue weighted by atomic mass is 79.9. The van der Waals surface area contributed by atoms with E-state index < -0.39 is 18.0 Å². The molecule has 22 heavy (non-hydrogen) atoms. The lowest BCUT2D eigenvalue weighted by molar-refractivity contribution is -0.123. The molecular formula is C15H12BrClN2O3. The number of nitrogens with zero attached hydrogens (tertiary/aromatic N) is 1. The van der Waals surface area contributed by atoms with Crippen molar-refractivity contribution < 1.29 is 14.3 Å². The molecule has 0 saturated heterocycles. The SMILES string of the molecule is C[C@@H](OC(=O)c1ccccc1Br)C(=O)Nc1ccc(Cl)cn1. The second-order valence-electron chi connectivity index (χ2n) is 4.38. The fraction of sp³-hybridized carbons (Fsp3) is 0.133. The monoisotopic (exact) mass is 382 g/mol. The van der Waals surface area contributed by atoms with E-state index in [1.54, 1.807) is 36.4 Å². The lowest BCUT2D eigenvalue weighted by Gasteiger charge is -2.13. The van der Waals surface area contributed by atoms with Crippen LogP contribution in [0.3, 0.4) is 0 Å². The summed E-state index contributed by atoms with van der Waals surface area (Å²) in [7, 11) is 0. The van der Waals surface area contributed by atoms with Crippen LogP contribution in [0.1, 0.15) is 17.3 Å². The summed E-state index contributed by atoms with van der Waals surface area (Å²) < 4.78 is 5.74. The Morgan fingerprint density at radius 3 is 2.64 bits per heavy atom. The van der Waals surface area contributed by atoms with E-state index in [1.807, 2.05) is 0 Å². The smallest absolute Gasteiger partial charge is 0.340 e. The Morgan fingerprint density at radius 1 is 1.27 bits per heavy atom. The fourth-order valence-corrected chi connectivity index (χ4v) is 2.14. The maximum Gasteiger partial charge on any atom is 0.340 e. The summed E-state index contributed by atoms with van der Waals surface area (Å²) in [6.07, 6.45) is 0.451. The standard InChI is InChI=1S/C15H12BrClN2O3/c1-9(14(20)19-13-7-6-10(17)8-18-13)22-15(21)11-4-2-3-5-12(11)16/h2-9H,1H3,(H,18,19,20)/t9-/m1/s1. The van der Waals surface area contributed by atoms with Gasteiger partial charge < -0.3 is 10.1 Å². The molecule has 0 aliphatic heterocycles. The molecule has 1 atom stereocenters. The van der Waals surface area contributed by atoms with Crippen LogP contribution in [0.25, 0.3) is 0 Å². The van der Waals surface area contributed by atoms with Gasteiger partial charge in [0.1, 0.15) is 5.82 Å². The Hall–Kier alpha value is -1.92. The van der Waals surface area contributed by atoms with Crippen LogP contribution >= 0.6 is 27.5 Å². The van der Waals surface area contributed by atoms with E-state index in [2.05, 4.69) is 26.2 Å². The predicted octanol–water partition coefficient (Wildman–Crippen LogP) is 3.68. The second kappa shape index (κ2) is 7.38. The normalized spacial score (nSPS) is 11.6. The minimum absolute atomic E-state index is 0.332. The molecule has 0 radical (unpaired) electrons. The summed E-state index contributed by atoms with van der Waals surface area (Å²) in [4.78, 5) is 27.9. The number of anilines is 1. The van der Waals surface area contributed by atoms with Crippen molar-refractivity contribution >= 4 is 45.2 Å². The first-order valence-corrected chi connectivity index (χ1v) is 7.52. The van der Waals surface area contributed by atoms with E-state index in [9.17, 15) is 9.59 Å². The van der Waals surface area contributed by atoms with Crippen LogP contribution in [0.5, 0.6) is 0 Å². The number of ether oxygens (including phenoxy) is 1. The third kappa shape index (κ3) is 4.29. The summed E-state index contributed by atoms with van der Waals surface area (Å²) in [5.74, 6) is -0.729. The van der Waals surface area contributed by atoms with Crippen LogP contribution in [0.4, 0.5) is 5.82 Å². The van der Waals surface area contributed by atoms with E-state index in [0.29, 0.717) is 20.9 Å². The van der Waals surface area contributed by atoms with Gasteiger partial charge in [-0.25, -0.2) is 9.78 Å². The maximum absolute atomic E-state index is 12.0. The van der Waals surface area contributed by atoms with Crippen LogP contribution in [0.2, 0.25) is 5.02 Å². The van der Waals surface area contributed by atoms with Crippen molar-refractivity contribution in [3.8, 4) is 0 Å². The molecule has 0 unspecified atom stereocenters. The molecule has 0 aliphatic rings. The van der Waals surface area contributed by atoms with Gasteiger partial charge in [0.15, 0.2) is 6.10 Å². The average Bonchev–Trinajstić information content (AvgIpc) is 2.49. The summed E-state index contributed by atoms with van der Waals surface area (Å²) >= 11 is 8.97. The first-order chi connectivity index (χ1) is 10.5. The van der Waals surface area contributed by atoms with Gasteiger partial charge in [0.25, 0.3) is 5.91 Å². The zero-order chi connectivity index (χ0) is 16.1. The summed E-state index contributed by atoms with van der Waals surface area (Å²) in [5, 5.41) is 3.01. The highest BCUT2D eigenvalue weighted by Gasteiger charge is 2.20. The van der Waals surface area contributed by atoms with Crippen molar-refractivity contribution in [1.29, 1.82) is 0 Å². The van der Waals surface area contributed by atoms with E-state index in [1.165, 1.54) is 13.1 Å². The third-order valence-electron chi connectivity index (χ3n) is 2.73. The van der Waals surface area contributed by atoms with Crippen LogP contribution < -0.4 is 5.32 Å². The molecule has 0 spiro atoms. The highest BCUT2D eigenvalue weighted by molar-refractivity contribution is 9.10. The molecule has 1 aromatic heterocycles. The number of pyridine rings is 1. The zero-order valence-electron chi connectivity index (χ0n) is 11.5. The van der Waals surface area contributed by atoms with E-state index >= 15 is 0 Å². The van der Waals surface area contributed by atoms with Gasteiger partial charge >= 0.3 is 5.97 Å². The van der Waals surface area contributed by atoms with E-state index in [-0.39, 0.29) is 0 Å². The number of esters is 1. The minimum atomic E-state index is -0.961. The van der Waals surface area contributed by atoms with Gasteiger partial charge in [-0.05, 0) is 47.1 Å². The van der Waals surface area contributed by atoms with E-state index in [0.717, 1.165) is 0 Å². The molecule has 1 aromatic carbocycles. The van der Waals surface area contributed by atoms with Crippen LogP contribution in [-0.4, -0.2) is 23.0 Å². The minimum Gasteiger partial charge on any atom is -0.449 e. The number of carbonyl (C=O) groups is 2. The molecule has 0 saturated carbocycles. The van der Waals surface area contributed by atoms with E-state index in [4.69, 9.17) is 16.3 Å². The molecular weight excluding hydrogens is 372 g/mol. The maximum atomic E-state index is 12.0. The van der Waals surface area contributed by atoms with Gasteiger partial charge in [-0.15, -0.1) is 0 Å². The number of halogens is 2. The Kier molecular flexibility index (Phi) is 5.51. The average molecular weight is 384 g/mol. The number of amides is 1. The number of hydrogen-bond donors (Lipinski definition) is 1. The molecule has 5 nitrogen and oxygen atoms in total. The number of rotatable bonds is 4. The molecule has 114 valence electrons. The van der Waals surface area contributed by atoms with Crippen molar-refractivity contribution in [2.45, 2.75) is 13.0 Å². The fourth-order valence-electron chi connectivity index (χ4n) is 1.58. The molecule has 0 bridgehead atoms. The largest absolute Gasteiger partial charge is 0.449 e. The Balaban J connectivity index is 1.98. The van der Waals surface area contributed by atoms with Crippen LogP contribution in [0.15, 0.2) is 47.1 Å². The number of nitrogens with one attached hydrogen (secondary N) is 1. The number of benzene rings is 1. The Bertz CT molecular complexity index is 691. The van der Waals surface area contributed by atoms with Gasteiger partial charge in [-0.2, -0.15) is 0 Å². The lowest BCUT2D eigenvalue weighted by atomic mass is 10.2. The first kappa shape index (κ1) is 16.5. The summed E-state index contributed by atoms with van der Waals surface area (Å²) in [6.45, 7) is 1.49. The number of hydrogen-bond acceptors (Lipinski definition) is 4. The second-order valence-corrected chi connectivity index (χ2v) is 5.67. The predicted molar refractivity (Wildman–Crippen MR) is 86.9 cm³/mol. The summed E-state index contributed by atoms with van der Waals surface area (Å²) in [5.41, 5.74) is 0.353. The highest BCUT2D eigenvalue weighted by Crippen LogP contribution is 2.17. The topological polar surface area (TPSA) is 68.3 Å². The molecule has 0 aliphatic carbocycles. The molecule has 7 heteroatoms. The summed E-state index contributed by atoms with van der Waals surface area (Å²) in [6, 6.07) is 9.98. The molecule has 2 rings (SSSR count). The van der Waals surface area contributed by atoms with Crippen molar-refractivity contribution in [1.82, 2.24) is 4.98 Å². The zero-order valence-corrected chi connectivity index (χ0v) is 13.9. The van der Waals surface area contributed by atoms with Gasteiger partial charge in [0, 0.05) is 10.7 Å². The van der Waals surface area contributed by atoms with Gasteiger partial charge in [0.05, 0.1) is 10.6 Å². The Morgan fingerprint density at radius 2 is 2.00 bits per heavy atom. The van der Waals surface area contributed by atoms with Gasteiger partial charge in [-0.3, -0.25) is 4.79 Å². The van der Waals surface area contributed by atoms with Crippen LogP contribution in [0, 0.1) is 0 Å². The van der Waals surface area contributed by atoms with Crippen molar-refractivity contribution in [3.05, 3.63) is 57.7 Å². The molecule has 2 aromatic rings. The number of aromatic nitrogens is 1. The quantitative estimate of drug-likeness (QED) is 0.818. The van der Waals surface area contributed by atoms with Crippen molar-refractivity contribution in [2.24, 2.45) is 0 Å².